The zero-order valence-electron chi connectivity index (χ0n) is 8.32. The predicted octanol–water partition coefficient (Wildman–Crippen LogP) is -0.308. The Kier molecular flexibility index (Phi) is 1.99. The minimum atomic E-state index is 0.177. The highest BCUT2D eigenvalue weighted by atomic mass is 16.5. The smallest absolute Gasteiger partial charge is 0.248 e. The number of morpholine rings is 1. The standard InChI is InChI=1S/C10H16N2O2/c13-10-7-14-6-9-5-11(8-1-2-8)3-4-12(9)10/h8-9H,1-7H2/t9-/m1/s1. The van der Waals surface area contributed by atoms with Crippen molar-refractivity contribution in [3.05, 3.63) is 0 Å². The summed E-state index contributed by atoms with van der Waals surface area (Å²) in [5, 5.41) is 0. The van der Waals surface area contributed by atoms with Gasteiger partial charge in [-0.15, -0.1) is 0 Å². The lowest BCUT2D eigenvalue weighted by Crippen LogP contribution is -2.60. The molecular weight excluding hydrogens is 180 g/mol. The third-order valence-electron chi connectivity index (χ3n) is 3.43. The van der Waals surface area contributed by atoms with Crippen molar-refractivity contribution in [3.63, 3.8) is 0 Å². The van der Waals surface area contributed by atoms with E-state index in [0.717, 1.165) is 32.3 Å². The quantitative estimate of drug-likeness (QED) is 0.577. The van der Waals surface area contributed by atoms with E-state index in [1.165, 1.54) is 12.8 Å². The molecular formula is C10H16N2O2. The number of piperazine rings is 1. The third kappa shape index (κ3) is 1.42. The van der Waals surface area contributed by atoms with E-state index < -0.39 is 0 Å². The molecule has 78 valence electrons. The highest BCUT2D eigenvalue weighted by Gasteiger charge is 2.38. The molecule has 2 saturated heterocycles. The maximum Gasteiger partial charge on any atom is 0.248 e. The third-order valence-corrected chi connectivity index (χ3v) is 3.43. The lowest BCUT2D eigenvalue weighted by atomic mass is 10.1. The molecule has 0 spiro atoms. The van der Waals surface area contributed by atoms with Gasteiger partial charge in [0, 0.05) is 25.7 Å². The molecule has 3 fully saturated rings. The van der Waals surface area contributed by atoms with Gasteiger partial charge in [0.2, 0.25) is 5.91 Å². The van der Waals surface area contributed by atoms with Crippen LogP contribution in [0.2, 0.25) is 0 Å². The summed E-state index contributed by atoms with van der Waals surface area (Å²) < 4.78 is 5.28. The molecule has 0 unspecified atom stereocenters. The van der Waals surface area contributed by atoms with Crippen LogP contribution < -0.4 is 0 Å². The first-order valence-corrected chi connectivity index (χ1v) is 5.46. The van der Waals surface area contributed by atoms with Gasteiger partial charge in [-0.05, 0) is 12.8 Å². The molecule has 1 saturated carbocycles. The number of amides is 1. The van der Waals surface area contributed by atoms with Crippen LogP contribution in [0.15, 0.2) is 0 Å². The molecule has 2 aliphatic heterocycles. The van der Waals surface area contributed by atoms with Crippen molar-refractivity contribution < 1.29 is 9.53 Å². The Morgan fingerprint density at radius 2 is 2.07 bits per heavy atom. The van der Waals surface area contributed by atoms with E-state index in [1.807, 2.05) is 4.90 Å². The van der Waals surface area contributed by atoms with Crippen molar-refractivity contribution in [2.45, 2.75) is 24.9 Å². The van der Waals surface area contributed by atoms with E-state index in [4.69, 9.17) is 4.74 Å². The van der Waals surface area contributed by atoms with Gasteiger partial charge in [-0.1, -0.05) is 0 Å². The Morgan fingerprint density at radius 1 is 1.21 bits per heavy atom. The molecule has 1 atom stereocenters. The van der Waals surface area contributed by atoms with Gasteiger partial charge < -0.3 is 9.64 Å². The Balaban J connectivity index is 1.67. The van der Waals surface area contributed by atoms with Crippen LogP contribution in [0.1, 0.15) is 12.8 Å². The van der Waals surface area contributed by atoms with Gasteiger partial charge in [-0.2, -0.15) is 0 Å². The molecule has 0 aromatic rings. The largest absolute Gasteiger partial charge is 0.369 e. The maximum absolute atomic E-state index is 11.5. The fourth-order valence-corrected chi connectivity index (χ4v) is 2.49. The topological polar surface area (TPSA) is 32.8 Å². The van der Waals surface area contributed by atoms with Crippen molar-refractivity contribution in [2.24, 2.45) is 0 Å². The first-order valence-electron chi connectivity index (χ1n) is 5.46. The normalized spacial score (nSPS) is 34.4. The second kappa shape index (κ2) is 3.21. The van der Waals surface area contributed by atoms with Gasteiger partial charge in [0.25, 0.3) is 0 Å². The van der Waals surface area contributed by atoms with Crippen LogP contribution in [0.5, 0.6) is 0 Å². The molecule has 4 heteroatoms. The first-order chi connectivity index (χ1) is 6.84. The molecule has 3 aliphatic rings. The number of nitrogens with zero attached hydrogens (tertiary/aromatic N) is 2. The molecule has 0 bridgehead atoms. The van der Waals surface area contributed by atoms with Crippen molar-refractivity contribution >= 4 is 5.91 Å². The molecule has 1 aliphatic carbocycles. The number of ether oxygens (including phenoxy) is 1. The van der Waals surface area contributed by atoms with Gasteiger partial charge in [0.05, 0.1) is 12.6 Å². The number of hydrogen-bond donors (Lipinski definition) is 0. The average molecular weight is 196 g/mol. The van der Waals surface area contributed by atoms with Crippen LogP contribution in [0.25, 0.3) is 0 Å². The summed E-state index contributed by atoms with van der Waals surface area (Å²) in [7, 11) is 0. The summed E-state index contributed by atoms with van der Waals surface area (Å²) >= 11 is 0. The second-order valence-electron chi connectivity index (χ2n) is 4.48. The molecule has 0 radical (unpaired) electrons. The van der Waals surface area contributed by atoms with Gasteiger partial charge in [0.1, 0.15) is 6.61 Å². The van der Waals surface area contributed by atoms with E-state index in [0.29, 0.717) is 12.6 Å². The van der Waals surface area contributed by atoms with Gasteiger partial charge >= 0.3 is 0 Å². The number of hydrogen-bond acceptors (Lipinski definition) is 3. The molecule has 3 rings (SSSR count). The van der Waals surface area contributed by atoms with Crippen LogP contribution >= 0.6 is 0 Å². The van der Waals surface area contributed by atoms with Crippen molar-refractivity contribution in [3.8, 4) is 0 Å². The number of carbonyl (C=O) groups is 1. The SMILES string of the molecule is O=C1COC[C@H]2CN(C3CC3)CCN12. The van der Waals surface area contributed by atoms with Crippen LogP contribution in [-0.4, -0.2) is 60.6 Å². The molecule has 0 N–H and O–H groups in total. The Morgan fingerprint density at radius 3 is 2.86 bits per heavy atom. The van der Waals surface area contributed by atoms with Crippen molar-refractivity contribution in [1.82, 2.24) is 9.80 Å². The summed E-state index contributed by atoms with van der Waals surface area (Å²) in [6, 6.07) is 1.14. The molecule has 4 nitrogen and oxygen atoms in total. The van der Waals surface area contributed by atoms with Gasteiger partial charge in [-0.25, -0.2) is 0 Å². The molecule has 2 heterocycles. The maximum atomic E-state index is 11.5. The summed E-state index contributed by atoms with van der Waals surface area (Å²) in [5.74, 6) is 0.177. The summed E-state index contributed by atoms with van der Waals surface area (Å²) in [5.41, 5.74) is 0. The lowest BCUT2D eigenvalue weighted by molar-refractivity contribution is -0.152. The Labute approximate surface area is 83.8 Å². The minimum Gasteiger partial charge on any atom is -0.369 e. The van der Waals surface area contributed by atoms with E-state index in [-0.39, 0.29) is 5.91 Å². The van der Waals surface area contributed by atoms with Crippen LogP contribution in [0.4, 0.5) is 0 Å². The Bertz CT molecular complexity index is 253. The highest BCUT2D eigenvalue weighted by Crippen LogP contribution is 2.29. The Hall–Kier alpha value is -0.610. The van der Waals surface area contributed by atoms with Crippen molar-refractivity contribution in [1.29, 1.82) is 0 Å². The van der Waals surface area contributed by atoms with Crippen LogP contribution in [0, 0.1) is 0 Å². The first kappa shape index (κ1) is 8.68. The zero-order valence-corrected chi connectivity index (χ0v) is 8.32. The molecule has 14 heavy (non-hydrogen) atoms. The molecule has 0 aromatic heterocycles. The second-order valence-corrected chi connectivity index (χ2v) is 4.48. The zero-order chi connectivity index (χ0) is 9.54. The van der Waals surface area contributed by atoms with E-state index >= 15 is 0 Å². The summed E-state index contributed by atoms with van der Waals surface area (Å²) in [4.78, 5) is 16.0. The molecule has 1 amide bonds. The van der Waals surface area contributed by atoms with Crippen LogP contribution in [0.3, 0.4) is 0 Å². The predicted molar refractivity (Wildman–Crippen MR) is 50.9 cm³/mol. The van der Waals surface area contributed by atoms with E-state index in [9.17, 15) is 4.79 Å². The van der Waals surface area contributed by atoms with E-state index in [2.05, 4.69) is 4.90 Å². The fourth-order valence-electron chi connectivity index (χ4n) is 2.49. The number of fused-ring (bicyclic) bond motifs is 1. The van der Waals surface area contributed by atoms with Gasteiger partial charge in [0.15, 0.2) is 0 Å². The number of rotatable bonds is 1. The van der Waals surface area contributed by atoms with Gasteiger partial charge in [-0.3, -0.25) is 9.69 Å². The van der Waals surface area contributed by atoms with Crippen LogP contribution in [-0.2, 0) is 9.53 Å². The molecule has 0 aromatic carbocycles. The number of carbonyl (C=O) groups excluding carboxylic acids is 1. The minimum absolute atomic E-state index is 0.177. The fraction of sp³-hybridized carbons (Fsp3) is 0.900. The summed E-state index contributed by atoms with van der Waals surface area (Å²) in [6.45, 7) is 4.02. The summed E-state index contributed by atoms with van der Waals surface area (Å²) in [6.07, 6.45) is 2.70. The highest BCUT2D eigenvalue weighted by molar-refractivity contribution is 5.78. The van der Waals surface area contributed by atoms with Crippen molar-refractivity contribution in [2.75, 3.05) is 32.8 Å². The monoisotopic (exact) mass is 196 g/mol. The average Bonchev–Trinajstić information content (AvgIpc) is 3.01. The lowest BCUT2D eigenvalue weighted by Gasteiger charge is -2.43. The van der Waals surface area contributed by atoms with E-state index in [1.54, 1.807) is 0 Å².